The molecule has 4 heteroatoms. The van der Waals surface area contributed by atoms with Crippen molar-refractivity contribution in [1.82, 2.24) is 0 Å². The first-order valence-corrected chi connectivity index (χ1v) is 11.1. The summed E-state index contributed by atoms with van der Waals surface area (Å²) in [5.41, 5.74) is 0. The molecule has 0 bridgehead atoms. The van der Waals surface area contributed by atoms with Gasteiger partial charge in [-0.1, -0.05) is 77.0 Å². The van der Waals surface area contributed by atoms with Gasteiger partial charge in [0.1, 0.15) is 13.2 Å². The van der Waals surface area contributed by atoms with Crippen molar-refractivity contribution in [1.29, 1.82) is 0 Å². The van der Waals surface area contributed by atoms with Crippen molar-refractivity contribution in [3.05, 3.63) is 0 Å². The molecule has 150 valence electrons. The number of ether oxygens (including phenoxy) is 2. The number of hydrogen-bond donors (Lipinski definition) is 0. The number of unbranched alkanes of at least 4 members (excludes halogenated alkanes) is 6. The topological polar surface area (TPSA) is 52.6 Å². The Bertz CT molecular complexity index is 361. The van der Waals surface area contributed by atoms with Crippen LogP contribution in [0.3, 0.4) is 0 Å². The van der Waals surface area contributed by atoms with Gasteiger partial charge in [-0.25, -0.2) is 0 Å². The molecule has 0 saturated heterocycles. The molecule has 2 rings (SSSR count). The van der Waals surface area contributed by atoms with Gasteiger partial charge in [-0.15, -0.1) is 0 Å². The van der Waals surface area contributed by atoms with E-state index in [4.69, 9.17) is 9.47 Å². The lowest BCUT2D eigenvalue weighted by molar-refractivity contribution is -0.152. The average Bonchev–Trinajstić information content (AvgIpc) is 3.52. The van der Waals surface area contributed by atoms with Gasteiger partial charge >= 0.3 is 11.9 Å². The summed E-state index contributed by atoms with van der Waals surface area (Å²) < 4.78 is 10.2. The summed E-state index contributed by atoms with van der Waals surface area (Å²) >= 11 is 0. The zero-order chi connectivity index (χ0) is 18.5. The van der Waals surface area contributed by atoms with Crippen LogP contribution >= 0.6 is 0 Å². The highest BCUT2D eigenvalue weighted by Gasteiger charge is 2.20. The first-order chi connectivity index (χ1) is 12.7. The maximum Gasteiger partial charge on any atom is 0.305 e. The predicted octanol–water partition coefficient (Wildman–Crippen LogP) is 5.57. The van der Waals surface area contributed by atoms with Gasteiger partial charge in [0, 0.05) is 12.8 Å². The van der Waals surface area contributed by atoms with E-state index in [1.54, 1.807) is 0 Å². The summed E-state index contributed by atoms with van der Waals surface area (Å²) in [6.07, 6.45) is 18.5. The Morgan fingerprint density at radius 1 is 0.577 bits per heavy atom. The van der Waals surface area contributed by atoms with E-state index < -0.39 is 0 Å². The highest BCUT2D eigenvalue weighted by atomic mass is 16.6. The summed E-state index contributed by atoms with van der Waals surface area (Å²) in [4.78, 5) is 23.2. The monoisotopic (exact) mass is 366 g/mol. The molecule has 0 amide bonds. The molecule has 2 saturated carbocycles. The summed E-state index contributed by atoms with van der Waals surface area (Å²) in [5, 5.41) is 0. The van der Waals surface area contributed by atoms with E-state index in [1.807, 2.05) is 0 Å². The second kappa shape index (κ2) is 13.2. The van der Waals surface area contributed by atoms with Crippen molar-refractivity contribution in [2.75, 3.05) is 13.2 Å². The van der Waals surface area contributed by atoms with Crippen LogP contribution in [0.15, 0.2) is 0 Å². The van der Waals surface area contributed by atoms with E-state index in [1.165, 1.54) is 64.2 Å². The minimum atomic E-state index is -0.168. The van der Waals surface area contributed by atoms with Crippen LogP contribution in [-0.2, 0) is 19.1 Å². The van der Waals surface area contributed by atoms with Gasteiger partial charge < -0.3 is 9.47 Å². The molecule has 0 unspecified atom stereocenters. The number of esters is 2. The third-order valence-corrected chi connectivity index (χ3v) is 5.49. The molecule has 26 heavy (non-hydrogen) atoms. The predicted molar refractivity (Wildman–Crippen MR) is 103 cm³/mol. The van der Waals surface area contributed by atoms with Crippen molar-refractivity contribution < 1.29 is 19.1 Å². The smallest absolute Gasteiger partial charge is 0.305 e. The molecular formula is C22H38O4. The van der Waals surface area contributed by atoms with Crippen LogP contribution in [0.1, 0.15) is 103 Å². The highest BCUT2D eigenvalue weighted by molar-refractivity contribution is 5.70. The fraction of sp³-hybridized carbons (Fsp3) is 0.909. The first-order valence-electron chi connectivity index (χ1n) is 11.1. The van der Waals surface area contributed by atoms with E-state index in [-0.39, 0.29) is 25.2 Å². The van der Waals surface area contributed by atoms with Crippen molar-refractivity contribution in [2.24, 2.45) is 11.8 Å². The van der Waals surface area contributed by atoms with Gasteiger partial charge in [0.2, 0.25) is 0 Å². The average molecular weight is 367 g/mol. The van der Waals surface area contributed by atoms with Crippen molar-refractivity contribution in [2.45, 2.75) is 103 Å². The molecule has 0 N–H and O–H groups in total. The van der Waals surface area contributed by atoms with E-state index >= 15 is 0 Å². The summed E-state index contributed by atoms with van der Waals surface area (Å²) in [5.74, 6) is 1.68. The van der Waals surface area contributed by atoms with Crippen LogP contribution in [0.25, 0.3) is 0 Å². The summed E-state index contributed by atoms with van der Waals surface area (Å²) in [7, 11) is 0. The normalized spacial score (nSPS) is 16.5. The summed E-state index contributed by atoms with van der Waals surface area (Å²) in [6.45, 7) is 0.376. The molecular weight excluding hydrogens is 328 g/mol. The van der Waals surface area contributed by atoms with Crippen LogP contribution in [-0.4, -0.2) is 25.2 Å². The standard InChI is InChI=1S/C22H38O4/c23-21(11-7-3-1-5-9-19-13-14-19)25-17-18-26-22(24)12-8-4-2-6-10-20-15-16-20/h19-20H,1-18H2. The van der Waals surface area contributed by atoms with Gasteiger partial charge in [-0.05, 0) is 24.7 Å². The highest BCUT2D eigenvalue weighted by Crippen LogP contribution is 2.34. The third-order valence-electron chi connectivity index (χ3n) is 5.49. The molecule has 0 radical (unpaired) electrons. The van der Waals surface area contributed by atoms with Gasteiger partial charge in [0.25, 0.3) is 0 Å². The van der Waals surface area contributed by atoms with E-state index in [9.17, 15) is 9.59 Å². The maximum atomic E-state index is 11.6. The minimum absolute atomic E-state index is 0.168. The molecule has 2 fully saturated rings. The van der Waals surface area contributed by atoms with Gasteiger partial charge in [0.05, 0.1) is 0 Å². The van der Waals surface area contributed by atoms with Crippen LogP contribution < -0.4 is 0 Å². The maximum absolute atomic E-state index is 11.6. The minimum Gasteiger partial charge on any atom is -0.462 e. The lowest BCUT2D eigenvalue weighted by Crippen LogP contribution is -2.13. The molecule has 0 atom stereocenters. The molecule has 4 nitrogen and oxygen atoms in total. The van der Waals surface area contributed by atoms with Crippen LogP contribution in [0, 0.1) is 11.8 Å². The van der Waals surface area contributed by atoms with Crippen LogP contribution in [0.5, 0.6) is 0 Å². The SMILES string of the molecule is O=C(CCCCCCC1CC1)OCCOC(=O)CCCCCCC1CC1. The quantitative estimate of drug-likeness (QED) is 0.249. The number of rotatable bonds is 17. The lowest BCUT2D eigenvalue weighted by atomic mass is 10.1. The van der Waals surface area contributed by atoms with Crippen LogP contribution in [0.2, 0.25) is 0 Å². The van der Waals surface area contributed by atoms with Crippen LogP contribution in [0.4, 0.5) is 0 Å². The van der Waals surface area contributed by atoms with Crippen molar-refractivity contribution in [3.63, 3.8) is 0 Å². The van der Waals surface area contributed by atoms with Crippen molar-refractivity contribution in [3.8, 4) is 0 Å². The molecule has 0 heterocycles. The Kier molecular flexibility index (Phi) is 10.8. The summed E-state index contributed by atoms with van der Waals surface area (Å²) in [6, 6.07) is 0. The molecule has 0 aromatic heterocycles. The Morgan fingerprint density at radius 2 is 0.962 bits per heavy atom. The second-order valence-electron chi connectivity index (χ2n) is 8.23. The van der Waals surface area contributed by atoms with Gasteiger partial charge in [-0.3, -0.25) is 9.59 Å². The third kappa shape index (κ3) is 12.3. The van der Waals surface area contributed by atoms with Gasteiger partial charge in [0.15, 0.2) is 0 Å². The lowest BCUT2D eigenvalue weighted by Gasteiger charge is -2.07. The fourth-order valence-corrected chi connectivity index (χ4v) is 3.38. The van der Waals surface area contributed by atoms with E-state index in [0.717, 1.165) is 37.5 Å². The largest absolute Gasteiger partial charge is 0.462 e. The molecule has 0 aromatic carbocycles. The second-order valence-corrected chi connectivity index (χ2v) is 8.23. The van der Waals surface area contributed by atoms with E-state index in [0.29, 0.717) is 12.8 Å². The molecule has 0 spiro atoms. The molecule has 2 aliphatic carbocycles. The zero-order valence-corrected chi connectivity index (χ0v) is 16.5. The Labute approximate surface area is 159 Å². The molecule has 0 aliphatic heterocycles. The fourth-order valence-electron chi connectivity index (χ4n) is 3.38. The number of hydrogen-bond acceptors (Lipinski definition) is 4. The Morgan fingerprint density at radius 3 is 1.35 bits per heavy atom. The number of carbonyl (C=O) groups is 2. The zero-order valence-electron chi connectivity index (χ0n) is 16.5. The number of carbonyl (C=O) groups excluding carboxylic acids is 2. The Balaban J connectivity index is 1.27. The van der Waals surface area contributed by atoms with E-state index in [2.05, 4.69) is 0 Å². The molecule has 2 aliphatic rings. The van der Waals surface area contributed by atoms with Gasteiger partial charge in [-0.2, -0.15) is 0 Å². The first kappa shape index (κ1) is 21.2. The Hall–Kier alpha value is -1.06. The van der Waals surface area contributed by atoms with Crippen molar-refractivity contribution >= 4 is 11.9 Å². The molecule has 0 aromatic rings.